The van der Waals surface area contributed by atoms with E-state index >= 15 is 0 Å². The number of ether oxygens (including phenoxy) is 1. The average molecular weight is 355 g/mol. The first kappa shape index (κ1) is 17.6. The van der Waals surface area contributed by atoms with Crippen molar-refractivity contribution in [1.29, 1.82) is 0 Å². The van der Waals surface area contributed by atoms with E-state index in [9.17, 15) is 14.7 Å². The molecule has 0 atom stereocenters. The number of primary amides is 1. The number of phenolic OH excluding ortho intramolecular Hbond substituents is 1. The van der Waals surface area contributed by atoms with E-state index in [1.807, 2.05) is 18.2 Å². The summed E-state index contributed by atoms with van der Waals surface area (Å²) < 4.78 is 5.43. The molecule has 0 unspecified atom stereocenters. The fourth-order valence-electron chi connectivity index (χ4n) is 2.89. The summed E-state index contributed by atoms with van der Waals surface area (Å²) in [5.41, 5.74) is 7.81. The number of phenols is 1. The fraction of sp³-hybridized carbons (Fsp3) is 0.263. The molecule has 0 saturated carbocycles. The monoisotopic (exact) mass is 355 g/mol. The number of hydrogen-bond donors (Lipinski definition) is 3. The molecule has 0 radical (unpaired) electrons. The summed E-state index contributed by atoms with van der Waals surface area (Å²) in [6.07, 6.45) is 0.847. The van der Waals surface area contributed by atoms with E-state index in [0.717, 1.165) is 6.42 Å². The molecule has 0 fully saturated rings. The van der Waals surface area contributed by atoms with Gasteiger partial charge in [0.05, 0.1) is 6.54 Å². The third kappa shape index (κ3) is 4.05. The number of carbonyl (C=O) groups excluding carboxylic acids is 2. The molecule has 0 aromatic heterocycles. The lowest BCUT2D eigenvalue weighted by atomic mass is 10.0. The number of benzene rings is 2. The van der Waals surface area contributed by atoms with Crippen LogP contribution in [0.15, 0.2) is 42.5 Å². The summed E-state index contributed by atoms with van der Waals surface area (Å²) in [5, 5.41) is 12.6. The summed E-state index contributed by atoms with van der Waals surface area (Å²) >= 11 is 0. The first-order valence-corrected chi connectivity index (χ1v) is 8.40. The third-order valence-corrected chi connectivity index (χ3v) is 4.30. The number of hydrogen-bond acceptors (Lipinski definition) is 4. The van der Waals surface area contributed by atoms with Gasteiger partial charge >= 0.3 is 6.03 Å². The molecule has 26 heavy (non-hydrogen) atoms. The van der Waals surface area contributed by atoms with Gasteiger partial charge in [-0.15, -0.1) is 0 Å². The Labute approximate surface area is 151 Å². The predicted molar refractivity (Wildman–Crippen MR) is 96.1 cm³/mol. The van der Waals surface area contributed by atoms with Crippen LogP contribution in [0.5, 0.6) is 11.5 Å². The van der Waals surface area contributed by atoms with E-state index < -0.39 is 5.91 Å². The van der Waals surface area contributed by atoms with E-state index in [-0.39, 0.29) is 29.7 Å². The number of nitrogens with zero attached hydrogens (tertiary/aromatic N) is 1. The van der Waals surface area contributed by atoms with Gasteiger partial charge in [-0.05, 0) is 35.7 Å². The largest absolute Gasteiger partial charge is 0.504 e. The van der Waals surface area contributed by atoms with Gasteiger partial charge in [-0.2, -0.15) is 0 Å². The van der Waals surface area contributed by atoms with Crippen molar-refractivity contribution in [2.75, 3.05) is 19.7 Å². The van der Waals surface area contributed by atoms with Crippen molar-refractivity contribution in [2.24, 2.45) is 5.73 Å². The Bertz CT molecular complexity index is 822. The molecule has 2 aromatic rings. The average Bonchev–Trinajstić information content (AvgIpc) is 2.65. The molecule has 136 valence electrons. The van der Waals surface area contributed by atoms with E-state index in [0.29, 0.717) is 19.6 Å². The van der Waals surface area contributed by atoms with Gasteiger partial charge in [0.1, 0.15) is 6.61 Å². The number of urea groups is 1. The Morgan fingerprint density at radius 3 is 2.69 bits per heavy atom. The number of nitrogens with one attached hydrogen (secondary N) is 1. The molecule has 4 N–H and O–H groups in total. The van der Waals surface area contributed by atoms with Crippen LogP contribution in [-0.4, -0.2) is 41.6 Å². The van der Waals surface area contributed by atoms with Crippen LogP contribution in [0.2, 0.25) is 0 Å². The molecule has 1 heterocycles. The molecular weight excluding hydrogens is 334 g/mol. The highest BCUT2D eigenvalue weighted by Gasteiger charge is 2.19. The Hall–Kier alpha value is -3.22. The highest BCUT2D eigenvalue weighted by atomic mass is 16.5. The van der Waals surface area contributed by atoms with E-state index in [4.69, 9.17) is 10.5 Å². The van der Waals surface area contributed by atoms with Crippen LogP contribution in [0.25, 0.3) is 0 Å². The number of fused-ring (bicyclic) bond motifs is 1. The lowest BCUT2D eigenvalue weighted by Crippen LogP contribution is -2.43. The zero-order valence-corrected chi connectivity index (χ0v) is 14.3. The lowest BCUT2D eigenvalue weighted by molar-refractivity contribution is 0.0999. The molecule has 2 aromatic carbocycles. The van der Waals surface area contributed by atoms with Gasteiger partial charge < -0.3 is 25.8 Å². The van der Waals surface area contributed by atoms with E-state index in [1.54, 1.807) is 4.90 Å². The molecule has 3 rings (SSSR count). The van der Waals surface area contributed by atoms with Gasteiger partial charge in [-0.3, -0.25) is 4.79 Å². The Kier molecular flexibility index (Phi) is 5.26. The highest BCUT2D eigenvalue weighted by Crippen LogP contribution is 2.26. The summed E-state index contributed by atoms with van der Waals surface area (Å²) in [4.78, 5) is 25.1. The Morgan fingerprint density at radius 1 is 1.19 bits per heavy atom. The molecule has 0 saturated heterocycles. The second-order valence-electron chi connectivity index (χ2n) is 6.07. The minimum absolute atomic E-state index is 0.142. The quantitative estimate of drug-likeness (QED) is 0.709. The molecule has 1 aliphatic heterocycles. The summed E-state index contributed by atoms with van der Waals surface area (Å²) in [5.74, 6) is -0.557. The fourth-order valence-corrected chi connectivity index (χ4v) is 2.89. The Balaban J connectivity index is 1.45. The van der Waals surface area contributed by atoms with Crippen molar-refractivity contribution in [2.45, 2.75) is 13.0 Å². The van der Waals surface area contributed by atoms with Crippen molar-refractivity contribution in [3.8, 4) is 11.5 Å². The minimum atomic E-state index is -0.623. The van der Waals surface area contributed by atoms with Crippen molar-refractivity contribution in [3.05, 3.63) is 59.2 Å². The van der Waals surface area contributed by atoms with Gasteiger partial charge in [-0.1, -0.05) is 24.3 Å². The van der Waals surface area contributed by atoms with Crippen LogP contribution in [0.4, 0.5) is 4.79 Å². The number of nitrogens with two attached hydrogens (primary N) is 1. The van der Waals surface area contributed by atoms with Crippen LogP contribution in [0.3, 0.4) is 0 Å². The molecule has 0 aliphatic carbocycles. The second kappa shape index (κ2) is 7.77. The van der Waals surface area contributed by atoms with Gasteiger partial charge in [0, 0.05) is 18.7 Å². The third-order valence-electron chi connectivity index (χ3n) is 4.30. The van der Waals surface area contributed by atoms with Gasteiger partial charge in [0.15, 0.2) is 11.5 Å². The zero-order valence-electron chi connectivity index (χ0n) is 14.3. The standard InChI is InChI=1S/C19H21N3O4/c20-18(24)14-5-6-17(16(23)11-14)26-10-8-21-19(25)22-9-7-13-3-1-2-4-15(13)12-22/h1-6,11,23H,7-10,12H2,(H2,20,24)(H,21,25). The van der Waals surface area contributed by atoms with Crippen LogP contribution < -0.4 is 15.8 Å². The number of aromatic hydroxyl groups is 1. The first-order chi connectivity index (χ1) is 12.5. The lowest BCUT2D eigenvalue weighted by Gasteiger charge is -2.28. The van der Waals surface area contributed by atoms with Crippen molar-refractivity contribution in [3.63, 3.8) is 0 Å². The maximum atomic E-state index is 12.3. The van der Waals surface area contributed by atoms with E-state index in [1.165, 1.54) is 29.3 Å². The van der Waals surface area contributed by atoms with Gasteiger partial charge in [0.2, 0.25) is 5.91 Å². The summed E-state index contributed by atoms with van der Waals surface area (Å²) in [6.45, 7) is 1.77. The summed E-state index contributed by atoms with van der Waals surface area (Å²) in [6, 6.07) is 12.2. The maximum Gasteiger partial charge on any atom is 0.317 e. The molecule has 3 amide bonds. The van der Waals surface area contributed by atoms with Gasteiger partial charge in [-0.25, -0.2) is 4.79 Å². The van der Waals surface area contributed by atoms with E-state index in [2.05, 4.69) is 11.4 Å². The molecule has 7 heteroatoms. The number of carbonyl (C=O) groups is 2. The minimum Gasteiger partial charge on any atom is -0.504 e. The van der Waals surface area contributed by atoms with Crippen LogP contribution in [0, 0.1) is 0 Å². The summed E-state index contributed by atoms with van der Waals surface area (Å²) in [7, 11) is 0. The molecule has 0 spiro atoms. The van der Waals surface area contributed by atoms with Crippen LogP contribution in [-0.2, 0) is 13.0 Å². The van der Waals surface area contributed by atoms with Crippen molar-refractivity contribution < 1.29 is 19.4 Å². The second-order valence-corrected chi connectivity index (χ2v) is 6.07. The van der Waals surface area contributed by atoms with Gasteiger partial charge in [0.25, 0.3) is 0 Å². The Morgan fingerprint density at radius 2 is 1.96 bits per heavy atom. The normalized spacial score (nSPS) is 13.0. The topological polar surface area (TPSA) is 105 Å². The first-order valence-electron chi connectivity index (χ1n) is 8.40. The number of rotatable bonds is 5. The molecule has 0 bridgehead atoms. The highest BCUT2D eigenvalue weighted by molar-refractivity contribution is 5.93. The van der Waals surface area contributed by atoms with Crippen molar-refractivity contribution >= 4 is 11.9 Å². The molecule has 7 nitrogen and oxygen atoms in total. The van der Waals surface area contributed by atoms with Crippen molar-refractivity contribution in [1.82, 2.24) is 10.2 Å². The maximum absolute atomic E-state index is 12.3. The van der Waals surface area contributed by atoms with Crippen LogP contribution >= 0.6 is 0 Å². The number of amides is 3. The van der Waals surface area contributed by atoms with Crippen LogP contribution in [0.1, 0.15) is 21.5 Å². The predicted octanol–water partition coefficient (Wildman–Crippen LogP) is 1.64. The smallest absolute Gasteiger partial charge is 0.317 e. The SMILES string of the molecule is NC(=O)c1ccc(OCCNC(=O)N2CCc3ccccc3C2)c(O)c1. The molecule has 1 aliphatic rings. The molecular formula is C19H21N3O4. The zero-order chi connectivity index (χ0) is 18.5.